The summed E-state index contributed by atoms with van der Waals surface area (Å²) in [6.07, 6.45) is 11.4. The number of benzene rings is 1. The van der Waals surface area contributed by atoms with Crippen molar-refractivity contribution in [3.05, 3.63) is 72.3 Å². The van der Waals surface area contributed by atoms with Crippen LogP contribution in [-0.4, -0.2) is 63.5 Å². The summed E-state index contributed by atoms with van der Waals surface area (Å²) in [4.78, 5) is 23.7. The molecule has 1 aliphatic carbocycles. The van der Waals surface area contributed by atoms with Gasteiger partial charge in [0.1, 0.15) is 12.1 Å². The molecule has 0 aliphatic heterocycles. The average molecular weight is 511 g/mol. The van der Waals surface area contributed by atoms with E-state index in [4.69, 9.17) is 10.7 Å². The molecule has 0 unspecified atom stereocenters. The van der Waals surface area contributed by atoms with Crippen LogP contribution < -0.4 is 5.73 Å². The van der Waals surface area contributed by atoms with E-state index >= 15 is 0 Å². The number of hydrogen-bond donors (Lipinski definition) is 2. The minimum atomic E-state index is -0.173. The van der Waals surface area contributed by atoms with Gasteiger partial charge in [0, 0.05) is 36.0 Å². The van der Waals surface area contributed by atoms with E-state index in [2.05, 4.69) is 32.3 Å². The molecule has 0 spiro atoms. The van der Waals surface area contributed by atoms with Crippen molar-refractivity contribution in [3.63, 3.8) is 0 Å². The Balaban J connectivity index is 1.32. The first-order valence-electron chi connectivity index (χ1n) is 12.9. The number of aryl methyl sites for hydroxylation is 1. The molecular formula is C27H30N10O. The van der Waals surface area contributed by atoms with Crippen molar-refractivity contribution in [2.24, 2.45) is 0 Å². The molecule has 1 amide bonds. The fraction of sp³-hybridized carbons (Fsp3) is 0.333. The minimum absolute atomic E-state index is 0.0207. The Kier molecular flexibility index (Phi) is 6.10. The smallest absolute Gasteiger partial charge is 0.291 e. The van der Waals surface area contributed by atoms with Crippen LogP contribution in [0.1, 0.15) is 60.4 Å². The molecule has 4 heterocycles. The number of nitrogens with two attached hydrogens (primary N) is 1. The first-order valence-corrected chi connectivity index (χ1v) is 12.9. The number of fused-ring (bicyclic) bond motifs is 1. The molecule has 3 N–H and O–H groups in total. The van der Waals surface area contributed by atoms with E-state index < -0.39 is 0 Å². The molecule has 1 saturated carbocycles. The monoisotopic (exact) mass is 510 g/mol. The van der Waals surface area contributed by atoms with E-state index in [0.29, 0.717) is 23.8 Å². The summed E-state index contributed by atoms with van der Waals surface area (Å²) < 4.78 is 3.60. The molecule has 0 radical (unpaired) electrons. The first kappa shape index (κ1) is 23.8. The molecule has 4 aromatic heterocycles. The fourth-order valence-corrected chi connectivity index (χ4v) is 5.09. The Morgan fingerprint density at radius 2 is 2.03 bits per heavy atom. The summed E-state index contributed by atoms with van der Waals surface area (Å²) in [7, 11) is 1.81. The average Bonchev–Trinajstić information content (AvgIpc) is 3.31. The zero-order valence-corrected chi connectivity index (χ0v) is 21.4. The highest BCUT2D eigenvalue weighted by Gasteiger charge is 2.32. The molecule has 0 bridgehead atoms. The molecular weight excluding hydrogens is 480 g/mol. The lowest BCUT2D eigenvalue weighted by molar-refractivity contribution is 0.0707. The maximum Gasteiger partial charge on any atom is 0.291 e. The number of aromatic nitrogens is 8. The molecule has 1 aromatic carbocycles. The number of aromatic amines is 1. The quantitative estimate of drug-likeness (QED) is 0.309. The number of para-hydroxylation sites is 1. The highest BCUT2D eigenvalue weighted by Crippen LogP contribution is 2.45. The van der Waals surface area contributed by atoms with Gasteiger partial charge in [0.15, 0.2) is 5.65 Å². The number of nitrogens with one attached hydrogen (secondary N) is 1. The van der Waals surface area contributed by atoms with Gasteiger partial charge in [0.05, 0.1) is 23.8 Å². The fourth-order valence-electron chi connectivity index (χ4n) is 5.09. The van der Waals surface area contributed by atoms with E-state index in [1.165, 1.54) is 6.33 Å². The largest absolute Gasteiger partial charge is 0.383 e. The number of hydrogen-bond acceptors (Lipinski definition) is 7. The third-order valence-electron chi connectivity index (χ3n) is 7.37. The van der Waals surface area contributed by atoms with Crippen molar-refractivity contribution in [2.45, 2.75) is 51.0 Å². The Bertz CT molecular complexity index is 1570. The van der Waals surface area contributed by atoms with Gasteiger partial charge in [-0.2, -0.15) is 19.8 Å². The van der Waals surface area contributed by atoms with E-state index in [9.17, 15) is 4.79 Å². The second-order valence-electron chi connectivity index (χ2n) is 9.79. The topological polar surface area (TPSA) is 136 Å². The molecule has 11 nitrogen and oxygen atoms in total. The van der Waals surface area contributed by atoms with Gasteiger partial charge in [-0.1, -0.05) is 25.1 Å². The van der Waals surface area contributed by atoms with Gasteiger partial charge < -0.3 is 10.6 Å². The second-order valence-corrected chi connectivity index (χ2v) is 9.79. The van der Waals surface area contributed by atoms with Crippen molar-refractivity contribution in [3.8, 4) is 16.8 Å². The number of carbonyl (C=O) groups is 1. The molecule has 0 saturated heterocycles. The number of H-pyrrole nitrogens is 1. The van der Waals surface area contributed by atoms with Crippen molar-refractivity contribution in [1.29, 1.82) is 0 Å². The van der Waals surface area contributed by atoms with Crippen LogP contribution in [0.25, 0.3) is 22.5 Å². The lowest BCUT2D eigenvalue weighted by atomic mass is 10.0. The summed E-state index contributed by atoms with van der Waals surface area (Å²) in [6, 6.07) is 10.00. The third-order valence-corrected chi connectivity index (χ3v) is 7.37. The van der Waals surface area contributed by atoms with Crippen molar-refractivity contribution < 1.29 is 4.79 Å². The Hall–Kier alpha value is -4.54. The van der Waals surface area contributed by atoms with Gasteiger partial charge in [-0.25, -0.2) is 14.6 Å². The van der Waals surface area contributed by atoms with E-state index in [-0.39, 0.29) is 17.8 Å². The molecule has 38 heavy (non-hydrogen) atoms. The van der Waals surface area contributed by atoms with Gasteiger partial charge in [0.2, 0.25) is 5.82 Å². The van der Waals surface area contributed by atoms with Crippen LogP contribution in [0.15, 0.2) is 55.2 Å². The van der Waals surface area contributed by atoms with Crippen LogP contribution in [0.2, 0.25) is 0 Å². The van der Waals surface area contributed by atoms with Crippen LogP contribution in [0.3, 0.4) is 0 Å². The predicted molar refractivity (Wildman–Crippen MR) is 143 cm³/mol. The van der Waals surface area contributed by atoms with Crippen LogP contribution in [0.4, 0.5) is 5.82 Å². The van der Waals surface area contributed by atoms with Crippen LogP contribution >= 0.6 is 0 Å². The molecule has 5 aromatic rings. The zero-order chi connectivity index (χ0) is 26.2. The van der Waals surface area contributed by atoms with E-state index in [1.807, 2.05) is 60.7 Å². The third kappa shape index (κ3) is 4.29. The number of carbonyl (C=O) groups excluding carboxylic acids is 1. The zero-order valence-electron chi connectivity index (χ0n) is 21.4. The second kappa shape index (κ2) is 9.73. The minimum Gasteiger partial charge on any atom is -0.383 e. The Labute approximate surface area is 219 Å². The SMILES string of the molecule is CC[C@H](CCc1nc2c(-c3cnn(-c4ccccc4)c3)cnn2c(N)c1C1CC1)N(C)C(=O)c1ncn[nH]1. The van der Waals surface area contributed by atoms with Gasteiger partial charge in [-0.15, -0.1) is 0 Å². The number of nitrogen functional groups attached to an aromatic ring is 1. The number of amides is 1. The summed E-state index contributed by atoms with van der Waals surface area (Å²) >= 11 is 0. The Morgan fingerprint density at radius 1 is 1.21 bits per heavy atom. The van der Waals surface area contributed by atoms with E-state index in [1.54, 1.807) is 9.42 Å². The lowest BCUT2D eigenvalue weighted by Crippen LogP contribution is -2.37. The lowest BCUT2D eigenvalue weighted by Gasteiger charge is -2.27. The number of rotatable bonds is 9. The molecule has 11 heteroatoms. The first-order chi connectivity index (χ1) is 18.5. The highest BCUT2D eigenvalue weighted by molar-refractivity contribution is 5.90. The van der Waals surface area contributed by atoms with Gasteiger partial charge in [-0.3, -0.25) is 9.89 Å². The summed E-state index contributed by atoms with van der Waals surface area (Å²) in [5, 5.41) is 15.6. The summed E-state index contributed by atoms with van der Waals surface area (Å²) in [5.41, 5.74) is 12.3. The number of anilines is 1. The van der Waals surface area contributed by atoms with Crippen molar-refractivity contribution in [2.75, 3.05) is 12.8 Å². The van der Waals surface area contributed by atoms with Gasteiger partial charge >= 0.3 is 0 Å². The standard InChI is InChI=1S/C27H30N10O/c1-3-19(35(2)27(38)25-29-16-30-34-25)11-12-22-23(17-9-10-17)24(28)37-26(33-22)21(14-32-37)18-13-31-36(15-18)20-7-5-4-6-8-20/h4-8,13-17,19H,3,9-12,28H2,1-2H3,(H,29,30,34)/t19-/m1/s1. The van der Waals surface area contributed by atoms with Crippen LogP contribution in [0, 0.1) is 0 Å². The van der Waals surface area contributed by atoms with Crippen molar-refractivity contribution >= 4 is 17.4 Å². The molecule has 6 rings (SSSR count). The molecule has 194 valence electrons. The normalized spacial score (nSPS) is 14.2. The van der Waals surface area contributed by atoms with Crippen LogP contribution in [-0.2, 0) is 6.42 Å². The Morgan fingerprint density at radius 3 is 2.74 bits per heavy atom. The molecule has 1 fully saturated rings. The predicted octanol–water partition coefficient (Wildman–Crippen LogP) is 3.64. The van der Waals surface area contributed by atoms with Crippen LogP contribution in [0.5, 0.6) is 0 Å². The van der Waals surface area contributed by atoms with Gasteiger partial charge in [-0.05, 0) is 50.2 Å². The summed E-state index contributed by atoms with van der Waals surface area (Å²) in [6.45, 7) is 2.08. The maximum atomic E-state index is 12.8. The molecule has 1 aliphatic rings. The highest BCUT2D eigenvalue weighted by atomic mass is 16.2. The number of nitrogens with zero attached hydrogens (tertiary/aromatic N) is 8. The van der Waals surface area contributed by atoms with Crippen molar-refractivity contribution in [1.82, 2.24) is 44.5 Å². The van der Waals surface area contributed by atoms with Gasteiger partial charge in [0.25, 0.3) is 5.91 Å². The van der Waals surface area contributed by atoms with E-state index in [0.717, 1.165) is 53.8 Å². The molecule has 1 atom stereocenters. The maximum absolute atomic E-state index is 12.8. The summed E-state index contributed by atoms with van der Waals surface area (Å²) in [5.74, 6) is 1.12.